The molecule has 1 fully saturated rings. The molecule has 0 saturated carbocycles. The zero-order chi connectivity index (χ0) is 5.40. The van der Waals surface area contributed by atoms with Crippen LogP contribution in [0.15, 0.2) is 5.38 Å². The fraction of sp³-hybridized carbons (Fsp3) is 0.500. The third kappa shape index (κ3) is 0.617. The lowest BCUT2D eigenvalue weighted by Crippen LogP contribution is -1.77. The minimum Gasteiger partial charge on any atom is -0.366 e. The zero-order valence-electron chi connectivity index (χ0n) is 4.07. The number of epoxide rings is 1. The van der Waals surface area contributed by atoms with Crippen molar-refractivity contribution in [3.63, 3.8) is 0 Å². The molecular weight excluding hydrogens is 124 g/mol. The highest BCUT2D eigenvalue weighted by atomic mass is 32.1. The van der Waals surface area contributed by atoms with Crippen molar-refractivity contribution >= 4 is 11.5 Å². The third-order valence-electron chi connectivity index (χ3n) is 1.04. The van der Waals surface area contributed by atoms with E-state index in [0.29, 0.717) is 0 Å². The molecule has 0 amide bonds. The van der Waals surface area contributed by atoms with Crippen LogP contribution in [0.1, 0.15) is 11.8 Å². The van der Waals surface area contributed by atoms with Gasteiger partial charge in [-0.15, -0.1) is 5.10 Å². The van der Waals surface area contributed by atoms with Gasteiger partial charge < -0.3 is 4.74 Å². The van der Waals surface area contributed by atoms with Crippen molar-refractivity contribution in [2.24, 2.45) is 0 Å². The fourth-order valence-electron chi connectivity index (χ4n) is 0.531. The van der Waals surface area contributed by atoms with Crippen LogP contribution in [0.4, 0.5) is 0 Å². The SMILES string of the molecule is c1snnc1C1CO1. The first-order valence-electron chi connectivity index (χ1n) is 2.35. The number of aromatic nitrogens is 2. The average molecular weight is 128 g/mol. The highest BCUT2D eigenvalue weighted by Gasteiger charge is 2.26. The average Bonchev–Trinajstić information content (AvgIpc) is 2.49. The molecule has 0 aromatic carbocycles. The predicted molar refractivity (Wildman–Crippen MR) is 28.6 cm³/mol. The Balaban J connectivity index is 2.28. The Bertz CT molecular complexity index is 170. The first kappa shape index (κ1) is 4.40. The van der Waals surface area contributed by atoms with Crippen LogP contribution in [0.2, 0.25) is 0 Å². The molecule has 1 aromatic rings. The summed E-state index contributed by atoms with van der Waals surface area (Å²) >= 11 is 1.37. The zero-order valence-corrected chi connectivity index (χ0v) is 4.89. The Labute approximate surface area is 50.5 Å². The molecule has 1 atom stereocenters. The van der Waals surface area contributed by atoms with Crippen LogP contribution >= 0.6 is 11.5 Å². The molecule has 0 bridgehead atoms. The van der Waals surface area contributed by atoms with E-state index in [1.807, 2.05) is 5.38 Å². The maximum atomic E-state index is 4.96. The lowest BCUT2D eigenvalue weighted by Gasteiger charge is -1.75. The highest BCUT2D eigenvalue weighted by Crippen LogP contribution is 2.27. The van der Waals surface area contributed by atoms with Crippen LogP contribution < -0.4 is 0 Å². The summed E-state index contributed by atoms with van der Waals surface area (Å²) in [5, 5.41) is 5.74. The smallest absolute Gasteiger partial charge is 0.126 e. The summed E-state index contributed by atoms with van der Waals surface area (Å²) in [4.78, 5) is 0. The number of hydrogen-bond donors (Lipinski definition) is 0. The molecule has 0 N–H and O–H groups in total. The monoisotopic (exact) mass is 128 g/mol. The minimum absolute atomic E-state index is 0.272. The van der Waals surface area contributed by atoms with E-state index in [2.05, 4.69) is 9.59 Å². The summed E-state index contributed by atoms with van der Waals surface area (Å²) in [6.07, 6.45) is 0.272. The van der Waals surface area contributed by atoms with E-state index in [-0.39, 0.29) is 6.10 Å². The summed E-state index contributed by atoms with van der Waals surface area (Å²) in [6, 6.07) is 0. The standard InChI is InChI=1S/C4H4N2OS/c1-4(7-1)3-2-8-6-5-3/h2,4H,1H2. The van der Waals surface area contributed by atoms with Gasteiger partial charge in [0.1, 0.15) is 11.8 Å². The molecular formula is C4H4N2OS. The van der Waals surface area contributed by atoms with E-state index in [0.717, 1.165) is 12.3 Å². The Hall–Kier alpha value is -0.480. The summed E-state index contributed by atoms with van der Waals surface area (Å²) < 4.78 is 8.65. The van der Waals surface area contributed by atoms with Crippen molar-refractivity contribution in [2.75, 3.05) is 6.61 Å². The molecule has 1 aliphatic heterocycles. The van der Waals surface area contributed by atoms with Gasteiger partial charge >= 0.3 is 0 Å². The maximum absolute atomic E-state index is 4.96. The minimum atomic E-state index is 0.272. The molecule has 1 aromatic heterocycles. The van der Waals surface area contributed by atoms with Crippen molar-refractivity contribution in [1.82, 2.24) is 9.59 Å². The van der Waals surface area contributed by atoms with Gasteiger partial charge in [-0.2, -0.15) is 0 Å². The van der Waals surface area contributed by atoms with E-state index in [9.17, 15) is 0 Å². The van der Waals surface area contributed by atoms with Crippen molar-refractivity contribution in [2.45, 2.75) is 6.10 Å². The van der Waals surface area contributed by atoms with Gasteiger partial charge in [-0.05, 0) is 11.5 Å². The summed E-state index contributed by atoms with van der Waals surface area (Å²) in [5.41, 5.74) is 0.981. The number of ether oxygens (including phenoxy) is 1. The normalized spacial score (nSPS) is 25.8. The van der Waals surface area contributed by atoms with Crippen molar-refractivity contribution in [1.29, 1.82) is 0 Å². The molecule has 2 heterocycles. The van der Waals surface area contributed by atoms with Gasteiger partial charge in [0, 0.05) is 5.38 Å². The Morgan fingerprint density at radius 1 is 1.88 bits per heavy atom. The molecule has 0 spiro atoms. The van der Waals surface area contributed by atoms with Crippen LogP contribution in [0.5, 0.6) is 0 Å². The van der Waals surface area contributed by atoms with Crippen molar-refractivity contribution in [3.05, 3.63) is 11.1 Å². The molecule has 2 rings (SSSR count). The van der Waals surface area contributed by atoms with E-state index in [1.165, 1.54) is 11.5 Å². The quantitative estimate of drug-likeness (QED) is 0.520. The van der Waals surface area contributed by atoms with Crippen LogP contribution in [-0.4, -0.2) is 16.2 Å². The summed E-state index contributed by atoms with van der Waals surface area (Å²) in [6.45, 7) is 0.825. The number of hydrogen-bond acceptors (Lipinski definition) is 4. The third-order valence-corrected chi connectivity index (χ3v) is 1.56. The second kappa shape index (κ2) is 1.50. The first-order valence-corrected chi connectivity index (χ1v) is 3.19. The second-order valence-electron chi connectivity index (χ2n) is 1.65. The van der Waals surface area contributed by atoms with Gasteiger partial charge in [0.25, 0.3) is 0 Å². The van der Waals surface area contributed by atoms with Gasteiger partial charge in [0.05, 0.1) is 6.61 Å². The van der Waals surface area contributed by atoms with Crippen LogP contribution in [0, 0.1) is 0 Å². The van der Waals surface area contributed by atoms with Gasteiger partial charge in [0.15, 0.2) is 0 Å². The van der Waals surface area contributed by atoms with Gasteiger partial charge in [0.2, 0.25) is 0 Å². The predicted octanol–water partition coefficient (Wildman–Crippen LogP) is 0.609. The molecule has 4 heteroatoms. The number of nitrogens with zero attached hydrogens (tertiary/aromatic N) is 2. The van der Waals surface area contributed by atoms with Gasteiger partial charge in [-0.1, -0.05) is 4.49 Å². The van der Waals surface area contributed by atoms with E-state index >= 15 is 0 Å². The summed E-state index contributed by atoms with van der Waals surface area (Å²) in [7, 11) is 0. The van der Waals surface area contributed by atoms with Crippen molar-refractivity contribution in [3.8, 4) is 0 Å². The Morgan fingerprint density at radius 3 is 3.25 bits per heavy atom. The fourth-order valence-corrected chi connectivity index (χ4v) is 1.03. The molecule has 0 radical (unpaired) electrons. The molecule has 1 aliphatic rings. The molecule has 42 valence electrons. The van der Waals surface area contributed by atoms with E-state index < -0.39 is 0 Å². The van der Waals surface area contributed by atoms with E-state index in [4.69, 9.17) is 4.74 Å². The molecule has 0 aliphatic carbocycles. The van der Waals surface area contributed by atoms with Crippen LogP contribution in [0.3, 0.4) is 0 Å². The van der Waals surface area contributed by atoms with Gasteiger partial charge in [-0.3, -0.25) is 0 Å². The molecule has 3 nitrogen and oxygen atoms in total. The number of rotatable bonds is 1. The molecule has 8 heavy (non-hydrogen) atoms. The largest absolute Gasteiger partial charge is 0.366 e. The highest BCUT2D eigenvalue weighted by molar-refractivity contribution is 7.03. The molecule has 1 saturated heterocycles. The van der Waals surface area contributed by atoms with Crippen molar-refractivity contribution < 1.29 is 4.74 Å². The first-order chi connectivity index (χ1) is 3.97. The lowest BCUT2D eigenvalue weighted by atomic mass is 10.4. The Kier molecular flexibility index (Phi) is 0.824. The van der Waals surface area contributed by atoms with E-state index in [1.54, 1.807) is 0 Å². The summed E-state index contributed by atoms with van der Waals surface area (Å²) in [5.74, 6) is 0. The maximum Gasteiger partial charge on any atom is 0.126 e. The Morgan fingerprint density at radius 2 is 2.75 bits per heavy atom. The van der Waals surface area contributed by atoms with Gasteiger partial charge in [-0.25, -0.2) is 0 Å². The topological polar surface area (TPSA) is 38.3 Å². The van der Waals surface area contributed by atoms with Crippen LogP contribution in [0.25, 0.3) is 0 Å². The molecule has 1 unspecified atom stereocenters. The lowest BCUT2D eigenvalue weighted by molar-refractivity contribution is 0.411. The van der Waals surface area contributed by atoms with Crippen LogP contribution in [-0.2, 0) is 4.74 Å². The second-order valence-corrected chi connectivity index (χ2v) is 2.26.